The van der Waals surface area contributed by atoms with Gasteiger partial charge in [0.2, 0.25) is 0 Å². The number of Topliss-reactive ketones (excluding diaryl/α,β-unsaturated/α-hetero) is 1. The Morgan fingerprint density at radius 1 is 1.33 bits per heavy atom. The first-order valence-corrected chi connectivity index (χ1v) is 5.75. The highest BCUT2D eigenvalue weighted by molar-refractivity contribution is 6.21. The second kappa shape index (κ2) is 4.80. The summed E-state index contributed by atoms with van der Waals surface area (Å²) in [5.74, 6) is 0.485. The Bertz CT molecular complexity index is 355. The summed E-state index contributed by atoms with van der Waals surface area (Å²) in [4.78, 5) is 12.2. The van der Waals surface area contributed by atoms with Crippen molar-refractivity contribution in [2.75, 3.05) is 5.88 Å². The number of hydrogen-bond donors (Lipinski definition) is 0. The van der Waals surface area contributed by atoms with Gasteiger partial charge in [0.25, 0.3) is 0 Å². The van der Waals surface area contributed by atoms with Crippen LogP contribution in [0.15, 0.2) is 24.3 Å². The van der Waals surface area contributed by atoms with Crippen molar-refractivity contribution in [2.45, 2.75) is 27.2 Å². The van der Waals surface area contributed by atoms with E-state index in [1.54, 1.807) is 0 Å². The normalized spacial score (nSPS) is 11.5. The Labute approximate surface area is 96.5 Å². The molecule has 0 heterocycles. The highest BCUT2D eigenvalue weighted by Gasteiger charge is 2.28. The van der Waals surface area contributed by atoms with Gasteiger partial charge in [0.05, 0.1) is 0 Å². The Morgan fingerprint density at radius 3 is 2.47 bits per heavy atom. The maximum Gasteiger partial charge on any atom is 0.169 e. The number of aryl methyl sites for hydroxylation is 1. The van der Waals surface area contributed by atoms with Crippen LogP contribution >= 0.6 is 11.6 Å². The highest BCUT2D eigenvalue weighted by Crippen LogP contribution is 2.25. The predicted molar refractivity (Wildman–Crippen MR) is 64.7 cm³/mol. The molecular weight excluding hydrogens is 208 g/mol. The first kappa shape index (κ1) is 12.3. The van der Waals surface area contributed by atoms with Crippen molar-refractivity contribution in [3.63, 3.8) is 0 Å². The molecule has 1 aromatic carbocycles. The molecule has 1 rings (SSSR count). The standard InChI is InChI=1S/C13H17ClO/c1-4-10-7-5-6-8-11(10)12(15)13(2,3)9-14/h5-8H,4,9H2,1-3H3. The number of rotatable bonds is 4. The number of carbonyl (C=O) groups excluding carboxylic acids is 1. The maximum absolute atomic E-state index is 12.2. The van der Waals surface area contributed by atoms with Crippen LogP contribution in [0.3, 0.4) is 0 Å². The van der Waals surface area contributed by atoms with E-state index in [-0.39, 0.29) is 5.78 Å². The van der Waals surface area contributed by atoms with Crippen molar-refractivity contribution in [3.05, 3.63) is 35.4 Å². The van der Waals surface area contributed by atoms with Crippen LogP contribution in [0.5, 0.6) is 0 Å². The van der Waals surface area contributed by atoms with Crippen LogP contribution in [0.25, 0.3) is 0 Å². The lowest BCUT2D eigenvalue weighted by molar-refractivity contribution is 0.0861. The van der Waals surface area contributed by atoms with E-state index in [9.17, 15) is 4.79 Å². The van der Waals surface area contributed by atoms with E-state index in [2.05, 4.69) is 6.92 Å². The quantitative estimate of drug-likeness (QED) is 0.563. The second-order valence-corrected chi connectivity index (χ2v) is 4.62. The summed E-state index contributed by atoms with van der Waals surface area (Å²) in [5, 5.41) is 0. The van der Waals surface area contributed by atoms with Gasteiger partial charge in [0.1, 0.15) is 0 Å². The Balaban J connectivity index is 3.11. The van der Waals surface area contributed by atoms with Crippen molar-refractivity contribution in [2.24, 2.45) is 5.41 Å². The van der Waals surface area contributed by atoms with Crippen LogP contribution in [0.4, 0.5) is 0 Å². The molecule has 1 nitrogen and oxygen atoms in total. The van der Waals surface area contributed by atoms with E-state index in [4.69, 9.17) is 11.6 Å². The molecule has 15 heavy (non-hydrogen) atoms. The molecule has 0 aliphatic heterocycles. The smallest absolute Gasteiger partial charge is 0.169 e. The van der Waals surface area contributed by atoms with Crippen molar-refractivity contribution in [1.29, 1.82) is 0 Å². The lowest BCUT2D eigenvalue weighted by Gasteiger charge is -2.21. The molecule has 0 saturated heterocycles. The van der Waals surface area contributed by atoms with Gasteiger partial charge in [-0.3, -0.25) is 4.79 Å². The van der Waals surface area contributed by atoms with Crippen molar-refractivity contribution in [3.8, 4) is 0 Å². The van der Waals surface area contributed by atoms with E-state index in [1.807, 2.05) is 38.1 Å². The van der Waals surface area contributed by atoms with Gasteiger partial charge in [-0.05, 0) is 12.0 Å². The molecule has 0 saturated carbocycles. The topological polar surface area (TPSA) is 17.1 Å². The molecule has 0 bridgehead atoms. The highest BCUT2D eigenvalue weighted by atomic mass is 35.5. The second-order valence-electron chi connectivity index (χ2n) is 4.36. The minimum Gasteiger partial charge on any atom is -0.294 e. The van der Waals surface area contributed by atoms with E-state index in [1.165, 1.54) is 0 Å². The summed E-state index contributed by atoms with van der Waals surface area (Å²) in [6.45, 7) is 5.82. The van der Waals surface area contributed by atoms with E-state index in [0.29, 0.717) is 5.88 Å². The van der Waals surface area contributed by atoms with Crippen LogP contribution < -0.4 is 0 Å². The van der Waals surface area contributed by atoms with Gasteiger partial charge >= 0.3 is 0 Å². The number of carbonyl (C=O) groups is 1. The zero-order valence-corrected chi connectivity index (χ0v) is 10.3. The summed E-state index contributed by atoms with van der Waals surface area (Å²) < 4.78 is 0. The fourth-order valence-electron chi connectivity index (χ4n) is 1.48. The maximum atomic E-state index is 12.2. The lowest BCUT2D eigenvalue weighted by atomic mass is 9.84. The van der Waals surface area contributed by atoms with Gasteiger partial charge in [-0.25, -0.2) is 0 Å². The van der Waals surface area contributed by atoms with Crippen LogP contribution in [0, 0.1) is 5.41 Å². The monoisotopic (exact) mass is 224 g/mol. The van der Waals surface area contributed by atoms with Gasteiger partial charge in [-0.1, -0.05) is 45.0 Å². The minimum absolute atomic E-state index is 0.134. The molecule has 0 aromatic heterocycles. The molecule has 0 spiro atoms. The molecule has 0 aliphatic carbocycles. The molecule has 0 radical (unpaired) electrons. The molecule has 0 unspecified atom stereocenters. The average Bonchev–Trinajstić information content (AvgIpc) is 2.28. The number of alkyl halides is 1. The molecule has 0 amide bonds. The summed E-state index contributed by atoms with van der Waals surface area (Å²) in [6.07, 6.45) is 0.875. The number of ketones is 1. The van der Waals surface area contributed by atoms with Gasteiger partial charge in [-0.2, -0.15) is 0 Å². The van der Waals surface area contributed by atoms with Crippen molar-refractivity contribution in [1.82, 2.24) is 0 Å². The average molecular weight is 225 g/mol. The molecule has 1 aromatic rings. The molecule has 0 N–H and O–H groups in total. The number of halogens is 1. The Kier molecular flexibility index (Phi) is 3.92. The van der Waals surface area contributed by atoms with Crippen molar-refractivity contribution < 1.29 is 4.79 Å². The zero-order chi connectivity index (χ0) is 11.5. The molecule has 82 valence electrons. The first-order chi connectivity index (χ1) is 7.03. The van der Waals surface area contributed by atoms with Gasteiger partial charge in [-0.15, -0.1) is 11.6 Å². The molecule has 0 atom stereocenters. The van der Waals surface area contributed by atoms with E-state index in [0.717, 1.165) is 17.5 Å². The largest absolute Gasteiger partial charge is 0.294 e. The minimum atomic E-state index is -0.479. The van der Waals surface area contributed by atoms with Crippen LogP contribution in [-0.2, 0) is 6.42 Å². The molecular formula is C13H17ClO. The van der Waals surface area contributed by atoms with Crippen LogP contribution in [0.2, 0.25) is 0 Å². The Morgan fingerprint density at radius 2 is 1.93 bits per heavy atom. The fourth-order valence-corrected chi connectivity index (χ4v) is 1.60. The van der Waals surface area contributed by atoms with E-state index >= 15 is 0 Å². The third-order valence-corrected chi connectivity index (χ3v) is 3.26. The summed E-state index contributed by atoms with van der Waals surface area (Å²) >= 11 is 5.81. The molecule has 0 aliphatic rings. The summed E-state index contributed by atoms with van der Waals surface area (Å²) in [6, 6.07) is 7.74. The molecule has 2 heteroatoms. The predicted octanol–water partition coefficient (Wildman–Crippen LogP) is 3.70. The Hall–Kier alpha value is -0.820. The van der Waals surface area contributed by atoms with Crippen LogP contribution in [0.1, 0.15) is 36.7 Å². The zero-order valence-electron chi connectivity index (χ0n) is 9.51. The van der Waals surface area contributed by atoms with Gasteiger partial charge in [0, 0.05) is 16.9 Å². The van der Waals surface area contributed by atoms with Gasteiger partial charge < -0.3 is 0 Å². The number of benzene rings is 1. The summed E-state index contributed by atoms with van der Waals surface area (Å²) in [7, 11) is 0. The number of hydrogen-bond acceptors (Lipinski definition) is 1. The van der Waals surface area contributed by atoms with Gasteiger partial charge in [0.15, 0.2) is 5.78 Å². The van der Waals surface area contributed by atoms with Crippen LogP contribution in [-0.4, -0.2) is 11.7 Å². The third-order valence-electron chi connectivity index (χ3n) is 2.59. The lowest BCUT2D eigenvalue weighted by Crippen LogP contribution is -2.27. The van der Waals surface area contributed by atoms with Crippen molar-refractivity contribution >= 4 is 17.4 Å². The van der Waals surface area contributed by atoms with E-state index < -0.39 is 5.41 Å². The SMILES string of the molecule is CCc1ccccc1C(=O)C(C)(C)CCl. The fraction of sp³-hybridized carbons (Fsp3) is 0.462. The third kappa shape index (κ3) is 2.60. The molecule has 0 fully saturated rings. The first-order valence-electron chi connectivity index (χ1n) is 5.21. The summed E-state index contributed by atoms with van der Waals surface area (Å²) in [5.41, 5.74) is 1.43.